The molecule has 1 heterocycles. The van der Waals surface area contributed by atoms with E-state index in [-0.39, 0.29) is 0 Å². The summed E-state index contributed by atoms with van der Waals surface area (Å²) in [6.45, 7) is 2.54. The zero-order valence-corrected chi connectivity index (χ0v) is 11.9. The number of nitrogens with one attached hydrogen (secondary N) is 2. The van der Waals surface area contributed by atoms with Crippen molar-refractivity contribution in [1.29, 1.82) is 0 Å². The number of hydrogen-bond acceptors (Lipinski definition) is 4. The summed E-state index contributed by atoms with van der Waals surface area (Å²) < 4.78 is 5.30. The zero-order chi connectivity index (χ0) is 14.2. The molecule has 4 N–H and O–H groups in total. The first kappa shape index (κ1) is 14.6. The molecule has 6 nitrogen and oxygen atoms in total. The predicted molar refractivity (Wildman–Crippen MR) is 80.7 cm³/mol. The highest BCUT2D eigenvalue weighted by Crippen LogP contribution is 2.20. The average Bonchev–Trinajstić information content (AvgIpc) is 2.50. The molecule has 1 aromatic heterocycles. The number of guanidine groups is 1. The van der Waals surface area contributed by atoms with E-state index in [1.807, 2.05) is 19.1 Å². The SMILES string of the molecule is CCOc1ccc(NC(=NC2CCCCC2)NN)cn1. The number of nitrogens with two attached hydrogens (primary N) is 1. The second-order valence-electron chi connectivity index (χ2n) is 4.86. The molecule has 110 valence electrons. The first-order valence-electron chi connectivity index (χ1n) is 7.22. The maximum absolute atomic E-state index is 5.53. The fourth-order valence-corrected chi connectivity index (χ4v) is 2.32. The Bertz CT molecular complexity index is 426. The second-order valence-corrected chi connectivity index (χ2v) is 4.86. The Kier molecular flexibility index (Phi) is 5.61. The van der Waals surface area contributed by atoms with Gasteiger partial charge in [-0.05, 0) is 25.8 Å². The molecular formula is C14H23N5O. The third-order valence-electron chi connectivity index (χ3n) is 3.31. The summed E-state index contributed by atoms with van der Waals surface area (Å²) >= 11 is 0. The lowest BCUT2D eigenvalue weighted by Crippen LogP contribution is -2.37. The number of ether oxygens (including phenoxy) is 1. The summed E-state index contributed by atoms with van der Waals surface area (Å²) in [6.07, 6.45) is 7.78. The lowest BCUT2D eigenvalue weighted by atomic mass is 9.96. The summed E-state index contributed by atoms with van der Waals surface area (Å²) in [6, 6.07) is 4.07. The average molecular weight is 277 g/mol. The molecule has 20 heavy (non-hydrogen) atoms. The Morgan fingerprint density at radius 3 is 2.80 bits per heavy atom. The van der Waals surface area contributed by atoms with Gasteiger partial charge in [0.2, 0.25) is 11.8 Å². The van der Waals surface area contributed by atoms with Crippen LogP contribution in [-0.2, 0) is 0 Å². The minimum Gasteiger partial charge on any atom is -0.478 e. The van der Waals surface area contributed by atoms with Crippen LogP contribution in [0.15, 0.2) is 23.3 Å². The Hall–Kier alpha value is -1.82. The molecule has 0 amide bonds. The predicted octanol–water partition coefficient (Wildman–Crippen LogP) is 2.04. The highest BCUT2D eigenvalue weighted by molar-refractivity contribution is 5.93. The molecule has 1 fully saturated rings. The molecule has 2 rings (SSSR count). The van der Waals surface area contributed by atoms with Crippen molar-refractivity contribution >= 4 is 11.6 Å². The fourth-order valence-electron chi connectivity index (χ4n) is 2.32. The molecule has 1 aliphatic carbocycles. The number of aromatic nitrogens is 1. The highest BCUT2D eigenvalue weighted by atomic mass is 16.5. The van der Waals surface area contributed by atoms with Gasteiger partial charge in [0.05, 0.1) is 24.5 Å². The lowest BCUT2D eigenvalue weighted by molar-refractivity contribution is 0.327. The zero-order valence-electron chi connectivity index (χ0n) is 11.9. The maximum Gasteiger partial charge on any atom is 0.213 e. The lowest BCUT2D eigenvalue weighted by Gasteiger charge is -2.19. The van der Waals surface area contributed by atoms with Crippen LogP contribution in [0.25, 0.3) is 0 Å². The number of rotatable bonds is 4. The van der Waals surface area contributed by atoms with Crippen LogP contribution in [-0.4, -0.2) is 23.6 Å². The molecular weight excluding hydrogens is 254 g/mol. The van der Waals surface area contributed by atoms with Crippen molar-refractivity contribution in [2.45, 2.75) is 45.1 Å². The third kappa shape index (κ3) is 4.38. The summed E-state index contributed by atoms with van der Waals surface area (Å²) in [7, 11) is 0. The number of nitrogens with zero attached hydrogens (tertiary/aromatic N) is 2. The smallest absolute Gasteiger partial charge is 0.213 e. The topological polar surface area (TPSA) is 84.6 Å². The van der Waals surface area contributed by atoms with Crippen molar-refractivity contribution in [3.05, 3.63) is 18.3 Å². The Labute approximate surface area is 119 Å². The molecule has 0 saturated heterocycles. The molecule has 0 unspecified atom stereocenters. The fraction of sp³-hybridized carbons (Fsp3) is 0.571. The molecule has 0 spiro atoms. The second kappa shape index (κ2) is 7.69. The van der Waals surface area contributed by atoms with E-state index in [2.05, 4.69) is 20.7 Å². The number of pyridine rings is 1. The van der Waals surface area contributed by atoms with Crippen molar-refractivity contribution in [2.24, 2.45) is 10.8 Å². The van der Waals surface area contributed by atoms with Gasteiger partial charge in [0, 0.05) is 6.07 Å². The summed E-state index contributed by atoms with van der Waals surface area (Å²) in [5.41, 5.74) is 3.45. The van der Waals surface area contributed by atoms with Gasteiger partial charge in [-0.15, -0.1) is 0 Å². The Morgan fingerprint density at radius 1 is 1.40 bits per heavy atom. The van der Waals surface area contributed by atoms with E-state index in [0.717, 1.165) is 18.5 Å². The van der Waals surface area contributed by atoms with Gasteiger partial charge in [0.1, 0.15) is 0 Å². The molecule has 0 bridgehead atoms. The third-order valence-corrected chi connectivity index (χ3v) is 3.31. The number of hydrogen-bond donors (Lipinski definition) is 3. The molecule has 0 radical (unpaired) electrons. The van der Waals surface area contributed by atoms with Crippen LogP contribution in [0.3, 0.4) is 0 Å². The van der Waals surface area contributed by atoms with Crippen molar-refractivity contribution in [3.63, 3.8) is 0 Å². The maximum atomic E-state index is 5.53. The van der Waals surface area contributed by atoms with E-state index < -0.39 is 0 Å². The number of anilines is 1. The van der Waals surface area contributed by atoms with Crippen molar-refractivity contribution in [1.82, 2.24) is 10.4 Å². The monoisotopic (exact) mass is 277 g/mol. The van der Waals surface area contributed by atoms with Crippen molar-refractivity contribution in [3.8, 4) is 5.88 Å². The molecule has 1 aliphatic rings. The van der Waals surface area contributed by atoms with Crippen molar-refractivity contribution < 1.29 is 4.74 Å². The van der Waals surface area contributed by atoms with Crippen LogP contribution >= 0.6 is 0 Å². The van der Waals surface area contributed by atoms with Crippen LogP contribution in [0.4, 0.5) is 5.69 Å². The quantitative estimate of drug-likeness (QED) is 0.339. The minimum absolute atomic E-state index is 0.359. The van der Waals surface area contributed by atoms with Gasteiger partial charge in [-0.25, -0.2) is 15.8 Å². The van der Waals surface area contributed by atoms with Gasteiger partial charge in [-0.3, -0.25) is 5.43 Å². The standard InChI is InChI=1S/C14H23N5O/c1-2-20-13-9-8-12(10-16-13)18-14(19-15)17-11-6-4-3-5-7-11/h8-11H,2-7,15H2,1H3,(H2,17,18,19). The van der Waals surface area contributed by atoms with Gasteiger partial charge >= 0.3 is 0 Å². The first-order chi connectivity index (χ1) is 9.81. The Morgan fingerprint density at radius 2 is 2.20 bits per heavy atom. The van der Waals surface area contributed by atoms with E-state index in [9.17, 15) is 0 Å². The minimum atomic E-state index is 0.359. The van der Waals surface area contributed by atoms with Crippen LogP contribution in [0.1, 0.15) is 39.0 Å². The van der Waals surface area contributed by atoms with E-state index >= 15 is 0 Å². The van der Waals surface area contributed by atoms with Gasteiger partial charge < -0.3 is 10.1 Å². The summed E-state index contributed by atoms with van der Waals surface area (Å²) in [5.74, 6) is 6.73. The van der Waals surface area contributed by atoms with Crippen LogP contribution in [0.5, 0.6) is 5.88 Å². The van der Waals surface area contributed by atoms with Gasteiger partial charge in [-0.1, -0.05) is 19.3 Å². The summed E-state index contributed by atoms with van der Waals surface area (Å²) in [5, 5.41) is 3.14. The molecule has 1 saturated carbocycles. The van der Waals surface area contributed by atoms with Gasteiger partial charge in [-0.2, -0.15) is 0 Å². The van der Waals surface area contributed by atoms with Gasteiger partial charge in [0.25, 0.3) is 0 Å². The van der Waals surface area contributed by atoms with Crippen LogP contribution in [0.2, 0.25) is 0 Å². The van der Waals surface area contributed by atoms with Crippen LogP contribution in [0, 0.1) is 0 Å². The molecule has 0 aliphatic heterocycles. The molecule has 0 atom stereocenters. The first-order valence-corrected chi connectivity index (χ1v) is 7.22. The molecule has 0 aromatic carbocycles. The summed E-state index contributed by atoms with van der Waals surface area (Å²) in [4.78, 5) is 8.81. The largest absolute Gasteiger partial charge is 0.478 e. The van der Waals surface area contributed by atoms with Gasteiger partial charge in [0.15, 0.2) is 0 Å². The number of hydrazine groups is 1. The van der Waals surface area contributed by atoms with E-state index in [4.69, 9.17) is 10.6 Å². The van der Waals surface area contributed by atoms with E-state index in [1.165, 1.54) is 19.3 Å². The molecule has 1 aromatic rings. The molecule has 6 heteroatoms. The highest BCUT2D eigenvalue weighted by Gasteiger charge is 2.13. The van der Waals surface area contributed by atoms with E-state index in [0.29, 0.717) is 24.5 Å². The normalized spacial score (nSPS) is 16.8. The van der Waals surface area contributed by atoms with Crippen LogP contribution < -0.4 is 21.3 Å². The van der Waals surface area contributed by atoms with E-state index in [1.54, 1.807) is 6.20 Å². The number of aliphatic imine (C=N–C) groups is 1. The Balaban J connectivity index is 1.96. The van der Waals surface area contributed by atoms with Crippen molar-refractivity contribution in [2.75, 3.05) is 11.9 Å².